The minimum Gasteiger partial charge on any atom is -0.396 e. The van der Waals surface area contributed by atoms with Gasteiger partial charge in [0, 0.05) is 18.2 Å². The summed E-state index contributed by atoms with van der Waals surface area (Å²) < 4.78 is 0. The fraction of sp³-hybridized carbons (Fsp3) is 0.500. The first kappa shape index (κ1) is 13.7. The van der Waals surface area contributed by atoms with Crippen molar-refractivity contribution in [3.8, 4) is 0 Å². The Morgan fingerprint density at radius 3 is 2.59 bits per heavy atom. The summed E-state index contributed by atoms with van der Waals surface area (Å²) in [6.07, 6.45) is 0. The molecule has 0 spiro atoms. The summed E-state index contributed by atoms with van der Waals surface area (Å²) in [6.45, 7) is 7.79. The molecule has 2 unspecified atom stereocenters. The smallest absolute Gasteiger partial charge is 0.251 e. The highest BCUT2D eigenvalue weighted by Gasteiger charge is 2.16. The van der Waals surface area contributed by atoms with Gasteiger partial charge in [-0.1, -0.05) is 24.6 Å². The van der Waals surface area contributed by atoms with Gasteiger partial charge in [-0.3, -0.25) is 4.79 Å². The third kappa shape index (κ3) is 3.56. The lowest BCUT2D eigenvalue weighted by Crippen LogP contribution is -2.38. The number of carbonyl (C=O) groups excluding carboxylic acids is 1. The first-order chi connectivity index (χ1) is 7.95. The van der Waals surface area contributed by atoms with E-state index >= 15 is 0 Å². The molecule has 0 heterocycles. The molecule has 1 amide bonds. The van der Waals surface area contributed by atoms with Crippen LogP contribution in [0.2, 0.25) is 0 Å². The van der Waals surface area contributed by atoms with E-state index in [-0.39, 0.29) is 24.5 Å². The van der Waals surface area contributed by atoms with Crippen LogP contribution < -0.4 is 5.32 Å². The van der Waals surface area contributed by atoms with Crippen molar-refractivity contribution in [1.29, 1.82) is 0 Å². The van der Waals surface area contributed by atoms with Crippen molar-refractivity contribution in [2.75, 3.05) is 6.61 Å². The number of hydrogen-bond acceptors (Lipinski definition) is 2. The van der Waals surface area contributed by atoms with Crippen LogP contribution in [0.3, 0.4) is 0 Å². The number of nitrogens with one attached hydrogen (secondary N) is 1. The number of rotatable bonds is 4. The van der Waals surface area contributed by atoms with Crippen LogP contribution >= 0.6 is 0 Å². The summed E-state index contributed by atoms with van der Waals surface area (Å²) in [5.74, 6) is -0.0111. The normalized spacial score (nSPS) is 14.2. The maximum atomic E-state index is 12.1. The van der Waals surface area contributed by atoms with Crippen molar-refractivity contribution < 1.29 is 9.90 Å². The topological polar surface area (TPSA) is 49.3 Å². The number of carbonyl (C=O) groups is 1. The Balaban J connectivity index is 2.79. The summed E-state index contributed by atoms with van der Waals surface area (Å²) in [7, 11) is 0. The molecular formula is C14H21NO2. The highest BCUT2D eigenvalue weighted by molar-refractivity contribution is 5.96. The van der Waals surface area contributed by atoms with Crippen LogP contribution in [0.1, 0.15) is 35.3 Å². The molecule has 3 nitrogen and oxygen atoms in total. The van der Waals surface area contributed by atoms with Gasteiger partial charge in [-0.2, -0.15) is 0 Å². The van der Waals surface area contributed by atoms with Gasteiger partial charge in [0.2, 0.25) is 0 Å². The maximum Gasteiger partial charge on any atom is 0.251 e. The van der Waals surface area contributed by atoms with Crippen LogP contribution in [0.25, 0.3) is 0 Å². The number of aliphatic hydroxyl groups is 1. The SMILES string of the molecule is Cc1ccc(C)c(C(=O)NC(C)C(C)CO)c1. The standard InChI is InChI=1S/C14H21NO2/c1-9-5-6-10(2)13(7-9)14(17)15-12(4)11(3)8-16/h5-7,11-12,16H,8H2,1-4H3,(H,15,17). The van der Waals surface area contributed by atoms with Gasteiger partial charge in [0.1, 0.15) is 0 Å². The lowest BCUT2D eigenvalue weighted by Gasteiger charge is -2.20. The second kappa shape index (κ2) is 5.82. The summed E-state index contributed by atoms with van der Waals surface area (Å²) in [4.78, 5) is 12.1. The maximum absolute atomic E-state index is 12.1. The number of aryl methyl sites for hydroxylation is 2. The van der Waals surface area contributed by atoms with Crippen molar-refractivity contribution in [3.63, 3.8) is 0 Å². The highest BCUT2D eigenvalue weighted by atomic mass is 16.3. The van der Waals surface area contributed by atoms with Gasteiger partial charge in [0.15, 0.2) is 0 Å². The van der Waals surface area contributed by atoms with Crippen LogP contribution in [0, 0.1) is 19.8 Å². The van der Waals surface area contributed by atoms with E-state index in [1.807, 2.05) is 45.9 Å². The van der Waals surface area contributed by atoms with Crippen LogP contribution in [0.4, 0.5) is 0 Å². The summed E-state index contributed by atoms with van der Waals surface area (Å²) in [5, 5.41) is 12.0. The average molecular weight is 235 g/mol. The average Bonchev–Trinajstić information content (AvgIpc) is 2.30. The quantitative estimate of drug-likeness (QED) is 0.839. The van der Waals surface area contributed by atoms with Gasteiger partial charge in [0.05, 0.1) is 0 Å². The van der Waals surface area contributed by atoms with E-state index in [0.29, 0.717) is 5.56 Å². The molecule has 94 valence electrons. The molecule has 0 radical (unpaired) electrons. The summed E-state index contributed by atoms with van der Waals surface area (Å²) in [5.41, 5.74) is 2.75. The Hall–Kier alpha value is -1.35. The molecule has 2 atom stereocenters. The number of aliphatic hydroxyl groups excluding tert-OH is 1. The molecule has 0 aliphatic rings. The Bertz CT molecular complexity index is 401. The fourth-order valence-electron chi connectivity index (χ4n) is 1.57. The van der Waals surface area contributed by atoms with Gasteiger partial charge in [0.25, 0.3) is 5.91 Å². The van der Waals surface area contributed by atoms with Gasteiger partial charge >= 0.3 is 0 Å². The van der Waals surface area contributed by atoms with E-state index < -0.39 is 0 Å². The van der Waals surface area contributed by atoms with E-state index in [0.717, 1.165) is 11.1 Å². The van der Waals surface area contributed by atoms with E-state index in [4.69, 9.17) is 5.11 Å². The molecule has 1 rings (SSSR count). The molecule has 3 heteroatoms. The minimum atomic E-state index is -0.0704. The Labute approximate surface area is 103 Å². The third-order valence-corrected chi connectivity index (χ3v) is 3.14. The second-order valence-corrected chi connectivity index (χ2v) is 4.74. The van der Waals surface area contributed by atoms with Crippen molar-refractivity contribution in [3.05, 3.63) is 34.9 Å². The lowest BCUT2D eigenvalue weighted by molar-refractivity contribution is 0.0915. The largest absolute Gasteiger partial charge is 0.396 e. The van der Waals surface area contributed by atoms with Crippen LogP contribution in [-0.2, 0) is 0 Å². The van der Waals surface area contributed by atoms with E-state index in [2.05, 4.69) is 5.32 Å². The van der Waals surface area contributed by atoms with Crippen molar-refractivity contribution in [2.45, 2.75) is 33.7 Å². The van der Waals surface area contributed by atoms with Gasteiger partial charge < -0.3 is 10.4 Å². The Morgan fingerprint density at radius 1 is 1.35 bits per heavy atom. The molecule has 0 saturated carbocycles. The van der Waals surface area contributed by atoms with Crippen LogP contribution in [0.5, 0.6) is 0 Å². The lowest BCUT2D eigenvalue weighted by atomic mass is 10.0. The molecule has 0 aliphatic heterocycles. The van der Waals surface area contributed by atoms with Crippen LogP contribution in [0.15, 0.2) is 18.2 Å². The van der Waals surface area contributed by atoms with Crippen molar-refractivity contribution in [2.24, 2.45) is 5.92 Å². The molecular weight excluding hydrogens is 214 g/mol. The van der Waals surface area contributed by atoms with Gasteiger partial charge in [-0.25, -0.2) is 0 Å². The Morgan fingerprint density at radius 2 is 2.00 bits per heavy atom. The number of benzene rings is 1. The summed E-state index contributed by atoms with van der Waals surface area (Å²) >= 11 is 0. The molecule has 0 fully saturated rings. The van der Waals surface area contributed by atoms with Crippen LogP contribution in [-0.4, -0.2) is 23.7 Å². The zero-order valence-corrected chi connectivity index (χ0v) is 10.9. The fourth-order valence-corrected chi connectivity index (χ4v) is 1.57. The first-order valence-electron chi connectivity index (χ1n) is 5.94. The number of hydrogen-bond donors (Lipinski definition) is 2. The van der Waals surface area contributed by atoms with Crippen molar-refractivity contribution >= 4 is 5.91 Å². The molecule has 0 aliphatic carbocycles. The zero-order valence-electron chi connectivity index (χ0n) is 10.9. The zero-order chi connectivity index (χ0) is 13.0. The summed E-state index contributed by atoms with van der Waals surface area (Å²) in [6, 6.07) is 5.80. The van der Waals surface area contributed by atoms with Gasteiger partial charge in [-0.15, -0.1) is 0 Å². The second-order valence-electron chi connectivity index (χ2n) is 4.74. The van der Waals surface area contributed by atoms with Gasteiger partial charge in [-0.05, 0) is 38.3 Å². The number of amides is 1. The molecule has 17 heavy (non-hydrogen) atoms. The van der Waals surface area contributed by atoms with E-state index in [9.17, 15) is 4.79 Å². The minimum absolute atomic E-state index is 0.0348. The highest BCUT2D eigenvalue weighted by Crippen LogP contribution is 2.11. The molecule has 2 N–H and O–H groups in total. The molecule has 0 aromatic heterocycles. The molecule has 1 aromatic carbocycles. The Kier molecular flexibility index (Phi) is 4.70. The first-order valence-corrected chi connectivity index (χ1v) is 5.94. The van der Waals surface area contributed by atoms with E-state index in [1.165, 1.54) is 0 Å². The van der Waals surface area contributed by atoms with Crippen molar-refractivity contribution in [1.82, 2.24) is 5.32 Å². The predicted octanol–water partition coefficient (Wildman–Crippen LogP) is 2.05. The monoisotopic (exact) mass is 235 g/mol. The molecule has 1 aromatic rings. The molecule has 0 bridgehead atoms. The van der Waals surface area contributed by atoms with E-state index in [1.54, 1.807) is 0 Å². The molecule has 0 saturated heterocycles. The third-order valence-electron chi connectivity index (χ3n) is 3.14. The predicted molar refractivity (Wildman–Crippen MR) is 69.1 cm³/mol.